The van der Waals surface area contributed by atoms with Crippen molar-refractivity contribution in [1.82, 2.24) is 0 Å². The number of ether oxygens (including phenoxy) is 1. The van der Waals surface area contributed by atoms with Crippen LogP contribution >= 0.6 is 0 Å². The highest BCUT2D eigenvalue weighted by molar-refractivity contribution is 5.83. The van der Waals surface area contributed by atoms with E-state index in [1.165, 1.54) is 12.1 Å². The van der Waals surface area contributed by atoms with E-state index in [9.17, 15) is 9.18 Å². The van der Waals surface area contributed by atoms with E-state index in [0.29, 0.717) is 12.1 Å². The van der Waals surface area contributed by atoms with Gasteiger partial charge in [-0.3, -0.25) is 0 Å². The topological polar surface area (TPSA) is 38.3 Å². The number of rotatable bonds is 1. The predicted molar refractivity (Wildman–Crippen MR) is 63.4 cm³/mol. The van der Waals surface area contributed by atoms with Gasteiger partial charge in [0.2, 0.25) is 0 Å². The molecule has 1 aromatic rings. The molecule has 92 valence electrons. The second-order valence-corrected chi connectivity index (χ2v) is 5.24. The van der Waals surface area contributed by atoms with E-state index in [0.717, 1.165) is 5.56 Å². The van der Waals surface area contributed by atoms with Crippen molar-refractivity contribution in [3.05, 3.63) is 29.6 Å². The van der Waals surface area contributed by atoms with E-state index < -0.39 is 11.6 Å². The molecule has 1 aliphatic heterocycles. The molecule has 3 nitrogen and oxygen atoms in total. The van der Waals surface area contributed by atoms with Gasteiger partial charge < -0.3 is 10.1 Å². The monoisotopic (exact) mass is 237 g/mol. The molecule has 1 aliphatic rings. The Morgan fingerprint density at radius 2 is 2.18 bits per heavy atom. The molecule has 0 fully saturated rings. The third-order valence-corrected chi connectivity index (χ3v) is 2.52. The molecule has 1 atom stereocenters. The summed E-state index contributed by atoms with van der Waals surface area (Å²) in [5, 5.41) is 2.98. The van der Waals surface area contributed by atoms with Gasteiger partial charge in [0.25, 0.3) is 0 Å². The Labute approximate surface area is 100.0 Å². The van der Waals surface area contributed by atoms with Gasteiger partial charge in [0.1, 0.15) is 17.5 Å². The van der Waals surface area contributed by atoms with Gasteiger partial charge in [-0.25, -0.2) is 9.18 Å². The highest BCUT2D eigenvalue weighted by atomic mass is 19.1. The van der Waals surface area contributed by atoms with Crippen LogP contribution in [0.4, 0.5) is 10.1 Å². The van der Waals surface area contributed by atoms with Crippen LogP contribution in [0.5, 0.6) is 0 Å². The summed E-state index contributed by atoms with van der Waals surface area (Å²) in [6, 6.07) is 4.09. The molecule has 17 heavy (non-hydrogen) atoms. The van der Waals surface area contributed by atoms with Gasteiger partial charge in [0, 0.05) is 12.1 Å². The summed E-state index contributed by atoms with van der Waals surface area (Å²) in [4.78, 5) is 11.8. The van der Waals surface area contributed by atoms with Gasteiger partial charge >= 0.3 is 5.97 Å². The van der Waals surface area contributed by atoms with E-state index >= 15 is 0 Å². The maximum absolute atomic E-state index is 13.0. The lowest BCUT2D eigenvalue weighted by Crippen LogP contribution is -2.35. The van der Waals surface area contributed by atoms with Gasteiger partial charge in [0.05, 0.1) is 0 Å². The summed E-state index contributed by atoms with van der Waals surface area (Å²) in [5.74, 6) is -0.602. The smallest absolute Gasteiger partial charge is 0.329 e. The SMILES string of the molecule is CC(C)(C)OC(=O)C1Cc2ccc(F)cc2N1. The summed E-state index contributed by atoms with van der Waals surface area (Å²) in [6.45, 7) is 5.48. The fourth-order valence-electron chi connectivity index (χ4n) is 1.83. The lowest BCUT2D eigenvalue weighted by atomic mass is 10.1. The van der Waals surface area contributed by atoms with Crippen LogP contribution in [0.25, 0.3) is 0 Å². The van der Waals surface area contributed by atoms with Crippen molar-refractivity contribution in [3.8, 4) is 0 Å². The minimum absolute atomic E-state index is 0.297. The minimum atomic E-state index is -0.501. The molecule has 1 heterocycles. The van der Waals surface area contributed by atoms with Gasteiger partial charge in [-0.15, -0.1) is 0 Å². The molecule has 0 saturated heterocycles. The largest absolute Gasteiger partial charge is 0.458 e. The number of halogens is 1. The highest BCUT2D eigenvalue weighted by Gasteiger charge is 2.30. The van der Waals surface area contributed by atoms with Crippen LogP contribution in [0.3, 0.4) is 0 Å². The number of hydrogen-bond donors (Lipinski definition) is 1. The number of carbonyl (C=O) groups excluding carboxylic acids is 1. The fourth-order valence-corrected chi connectivity index (χ4v) is 1.83. The number of hydrogen-bond acceptors (Lipinski definition) is 3. The molecule has 4 heteroatoms. The Kier molecular flexibility index (Phi) is 2.81. The first-order chi connectivity index (χ1) is 7.85. The van der Waals surface area contributed by atoms with E-state index in [1.807, 2.05) is 20.8 Å². The number of anilines is 1. The molecule has 0 aliphatic carbocycles. The van der Waals surface area contributed by atoms with Crippen LogP contribution in [0.2, 0.25) is 0 Å². The van der Waals surface area contributed by atoms with Crippen LogP contribution in [0, 0.1) is 5.82 Å². The van der Waals surface area contributed by atoms with Crippen molar-refractivity contribution in [2.45, 2.75) is 38.8 Å². The average Bonchev–Trinajstić information content (AvgIpc) is 2.57. The lowest BCUT2D eigenvalue weighted by Gasteiger charge is -2.22. The zero-order chi connectivity index (χ0) is 12.6. The van der Waals surface area contributed by atoms with Gasteiger partial charge in [0.15, 0.2) is 0 Å². The summed E-state index contributed by atoms with van der Waals surface area (Å²) in [6.07, 6.45) is 0.546. The summed E-state index contributed by atoms with van der Waals surface area (Å²) < 4.78 is 18.3. The molecule has 0 amide bonds. The summed E-state index contributed by atoms with van der Waals surface area (Å²) in [5.41, 5.74) is 1.13. The Bertz CT molecular complexity index is 451. The van der Waals surface area contributed by atoms with Crippen LogP contribution < -0.4 is 5.32 Å². The van der Waals surface area contributed by atoms with Crippen molar-refractivity contribution in [3.63, 3.8) is 0 Å². The third-order valence-electron chi connectivity index (χ3n) is 2.52. The number of esters is 1. The molecule has 1 unspecified atom stereocenters. The number of benzene rings is 1. The second kappa shape index (κ2) is 4.02. The Balaban J connectivity index is 2.07. The summed E-state index contributed by atoms with van der Waals surface area (Å²) in [7, 11) is 0. The van der Waals surface area contributed by atoms with Gasteiger partial charge in [-0.05, 0) is 38.5 Å². The molecule has 0 bridgehead atoms. The van der Waals surface area contributed by atoms with E-state index in [2.05, 4.69) is 5.32 Å². The number of fused-ring (bicyclic) bond motifs is 1. The summed E-state index contributed by atoms with van der Waals surface area (Å²) >= 11 is 0. The third kappa shape index (κ3) is 2.75. The van der Waals surface area contributed by atoms with Crippen molar-refractivity contribution < 1.29 is 13.9 Å². The first-order valence-corrected chi connectivity index (χ1v) is 5.63. The van der Waals surface area contributed by atoms with Crippen LogP contribution in [-0.2, 0) is 16.0 Å². The van der Waals surface area contributed by atoms with Crippen molar-refractivity contribution >= 4 is 11.7 Å². The van der Waals surface area contributed by atoms with Crippen LogP contribution in [0.15, 0.2) is 18.2 Å². The zero-order valence-corrected chi connectivity index (χ0v) is 10.2. The van der Waals surface area contributed by atoms with E-state index in [1.54, 1.807) is 6.07 Å². The van der Waals surface area contributed by atoms with Crippen molar-refractivity contribution in [2.24, 2.45) is 0 Å². The Morgan fingerprint density at radius 3 is 2.82 bits per heavy atom. The number of carbonyl (C=O) groups is 1. The number of nitrogens with one attached hydrogen (secondary N) is 1. The normalized spacial score (nSPS) is 18.5. The first-order valence-electron chi connectivity index (χ1n) is 5.63. The molecule has 1 N–H and O–H groups in total. The van der Waals surface area contributed by atoms with Crippen LogP contribution in [-0.4, -0.2) is 17.6 Å². The van der Waals surface area contributed by atoms with E-state index in [-0.39, 0.29) is 11.8 Å². The maximum Gasteiger partial charge on any atom is 0.329 e. The van der Waals surface area contributed by atoms with E-state index in [4.69, 9.17) is 4.74 Å². The predicted octanol–water partition coefficient (Wildman–Crippen LogP) is 2.50. The molecule has 1 aromatic carbocycles. The standard InChI is InChI=1S/C13H16FNO2/c1-13(2,3)17-12(16)11-6-8-4-5-9(14)7-10(8)15-11/h4-5,7,11,15H,6H2,1-3H3. The fraction of sp³-hybridized carbons (Fsp3) is 0.462. The zero-order valence-electron chi connectivity index (χ0n) is 10.2. The maximum atomic E-state index is 13.0. The Morgan fingerprint density at radius 1 is 1.47 bits per heavy atom. The Hall–Kier alpha value is -1.58. The van der Waals surface area contributed by atoms with Crippen molar-refractivity contribution in [2.75, 3.05) is 5.32 Å². The lowest BCUT2D eigenvalue weighted by molar-refractivity contribution is -0.155. The molecular formula is C13H16FNO2. The quantitative estimate of drug-likeness (QED) is 0.763. The van der Waals surface area contributed by atoms with Crippen LogP contribution in [0.1, 0.15) is 26.3 Å². The molecule has 0 saturated carbocycles. The molecule has 2 rings (SSSR count). The average molecular weight is 237 g/mol. The molecule has 0 aromatic heterocycles. The minimum Gasteiger partial charge on any atom is -0.458 e. The molecule has 0 radical (unpaired) electrons. The molecular weight excluding hydrogens is 221 g/mol. The van der Waals surface area contributed by atoms with Gasteiger partial charge in [-0.2, -0.15) is 0 Å². The second-order valence-electron chi connectivity index (χ2n) is 5.24. The molecule has 0 spiro atoms. The van der Waals surface area contributed by atoms with Gasteiger partial charge in [-0.1, -0.05) is 6.07 Å². The first kappa shape index (κ1) is 11.9. The highest BCUT2D eigenvalue weighted by Crippen LogP contribution is 2.27. The van der Waals surface area contributed by atoms with Crippen molar-refractivity contribution in [1.29, 1.82) is 0 Å².